The summed E-state index contributed by atoms with van der Waals surface area (Å²) in [6.07, 6.45) is 19.5. The van der Waals surface area contributed by atoms with E-state index in [1.807, 2.05) is 0 Å². The summed E-state index contributed by atoms with van der Waals surface area (Å²) in [5, 5.41) is 31.5. The van der Waals surface area contributed by atoms with Crippen LogP contribution in [0.1, 0.15) is 185 Å². The van der Waals surface area contributed by atoms with E-state index in [4.69, 9.17) is 4.74 Å². The maximum Gasteiger partial charge on any atom is 0.305 e. The van der Waals surface area contributed by atoms with E-state index in [1.165, 1.54) is 45.6 Å². The molecule has 0 heterocycles. The van der Waals surface area contributed by atoms with Gasteiger partial charge < -0.3 is 20.1 Å². The molecule has 20 atom stereocenters. The summed E-state index contributed by atoms with van der Waals surface area (Å²) >= 11 is 0. The predicted molar refractivity (Wildman–Crippen MR) is 244 cm³/mol. The normalized spacial score (nSPS) is 48.3. The van der Waals surface area contributed by atoms with Crippen LogP contribution in [0.5, 0.6) is 0 Å². The van der Waals surface area contributed by atoms with Crippen molar-refractivity contribution < 1.29 is 34.4 Å². The Kier molecular flexibility index (Phi) is 14.7. The Hall–Kier alpha value is -1.57. The number of aliphatic hydroxyl groups is 3. The number of esters is 1. The van der Waals surface area contributed by atoms with Crippen molar-refractivity contribution in [2.24, 2.45) is 98.6 Å². The largest absolute Gasteiger partial charge is 0.469 e. The quantitative estimate of drug-likeness (QED) is 0.164. The van der Waals surface area contributed by atoms with Crippen molar-refractivity contribution in [3.63, 3.8) is 0 Å². The standard InChI is InChI=1S/C27H44O5.C26H42O2.CH4/c1-15(6-9-22(30)32-5)18-7-8-19-24-20(11-13-26(18,19)3)27(4)12-10-17(29)14-21(27)23(16(2)28)25(24)31;1-6-8-16(3)19-9-10-20-23-21(12-14-25(19,20)4)26(5)13-11-17(27)15-22(26)18(7-2)24(23)28;/h15-21,23-24,28-29H,6-14H2,1-5H3;7,16-17,19-23,27H,6,8-15H2,1-5H3;1H4/t15-,16?,17-,18-,19?,20?,21+,23?,24?,26-,27-;16-,17-,19-,20?,21?,22+,23?,25-,26-;/m11./s1. The number of carbonyl (C=O) groups is 3. The van der Waals surface area contributed by atoms with E-state index in [-0.39, 0.29) is 77.2 Å². The molecule has 348 valence electrons. The average molecular weight is 851 g/mol. The van der Waals surface area contributed by atoms with Crippen molar-refractivity contribution in [3.8, 4) is 0 Å². The highest BCUT2D eigenvalue weighted by atomic mass is 16.5. The van der Waals surface area contributed by atoms with E-state index >= 15 is 0 Å². The van der Waals surface area contributed by atoms with E-state index in [0.29, 0.717) is 59.5 Å². The molecule has 0 saturated heterocycles. The van der Waals surface area contributed by atoms with Gasteiger partial charge >= 0.3 is 5.97 Å². The molecule has 61 heavy (non-hydrogen) atoms. The zero-order chi connectivity index (χ0) is 43.7. The summed E-state index contributed by atoms with van der Waals surface area (Å²) in [5.41, 5.74) is 1.76. The molecule has 0 bridgehead atoms. The molecular weight excluding hydrogens is 761 g/mol. The number of methoxy groups -OCH3 is 1. The minimum atomic E-state index is -0.664. The van der Waals surface area contributed by atoms with Gasteiger partial charge in [0.05, 0.1) is 25.4 Å². The minimum Gasteiger partial charge on any atom is -0.469 e. The van der Waals surface area contributed by atoms with Crippen LogP contribution < -0.4 is 0 Å². The Morgan fingerprint density at radius 2 is 1.20 bits per heavy atom. The van der Waals surface area contributed by atoms with Crippen LogP contribution in [0.4, 0.5) is 0 Å². The molecule has 0 aromatic heterocycles. The minimum absolute atomic E-state index is 0. The van der Waals surface area contributed by atoms with Gasteiger partial charge in [-0.25, -0.2) is 0 Å². The van der Waals surface area contributed by atoms with Gasteiger partial charge in [0.15, 0.2) is 5.78 Å². The SMILES string of the molecule is C.CC=C1C(=O)C2C3CC[C@H]([C@H](C)CCC)[C@@]3(C)CCC2[C@@]2(C)CC[C@@H](O)C[C@@H]12.COC(=O)CC[C@@H](C)[C@H]1CCC2C3C(=O)C(C(C)O)[C@@H]4C[C@H](O)CC[C@]4(C)C3CC[C@@]21C. The van der Waals surface area contributed by atoms with Gasteiger partial charge in [-0.1, -0.05) is 74.8 Å². The lowest BCUT2D eigenvalue weighted by atomic mass is 9.41. The Bertz CT molecular complexity index is 1620. The summed E-state index contributed by atoms with van der Waals surface area (Å²) in [4.78, 5) is 39.6. The smallest absolute Gasteiger partial charge is 0.305 e. The third-order valence-electron chi connectivity index (χ3n) is 21.1. The summed E-state index contributed by atoms with van der Waals surface area (Å²) in [5.74, 6) is 5.23. The van der Waals surface area contributed by atoms with E-state index in [9.17, 15) is 29.7 Å². The lowest BCUT2D eigenvalue weighted by molar-refractivity contribution is -0.181. The Morgan fingerprint density at radius 3 is 1.74 bits per heavy atom. The second-order valence-corrected chi connectivity index (χ2v) is 23.6. The van der Waals surface area contributed by atoms with E-state index in [2.05, 4.69) is 61.5 Å². The number of ketones is 2. The molecule has 0 aromatic rings. The molecule has 8 saturated carbocycles. The van der Waals surface area contributed by atoms with Gasteiger partial charge in [-0.3, -0.25) is 14.4 Å². The number of rotatable bonds is 8. The molecular formula is C54H90O7. The van der Waals surface area contributed by atoms with Gasteiger partial charge in [-0.05, 0) is 197 Å². The molecule has 0 radical (unpaired) electrons. The van der Waals surface area contributed by atoms with Crippen molar-refractivity contribution in [3.05, 3.63) is 11.6 Å². The third kappa shape index (κ3) is 8.01. The van der Waals surface area contributed by atoms with Crippen LogP contribution >= 0.6 is 0 Å². The zero-order valence-corrected chi connectivity index (χ0v) is 39.5. The van der Waals surface area contributed by atoms with Crippen molar-refractivity contribution in [2.45, 2.75) is 204 Å². The van der Waals surface area contributed by atoms with E-state index < -0.39 is 6.10 Å². The van der Waals surface area contributed by atoms with Crippen LogP contribution in [-0.2, 0) is 19.1 Å². The Morgan fingerprint density at radius 1 is 0.705 bits per heavy atom. The molecule has 0 spiro atoms. The molecule has 8 unspecified atom stereocenters. The van der Waals surface area contributed by atoms with Crippen molar-refractivity contribution in [2.75, 3.05) is 7.11 Å². The second-order valence-electron chi connectivity index (χ2n) is 23.6. The molecule has 0 amide bonds. The number of allylic oxidation sites excluding steroid dienone is 2. The summed E-state index contributed by atoms with van der Waals surface area (Å²) in [6.45, 7) is 20.6. The molecule has 7 heteroatoms. The van der Waals surface area contributed by atoms with E-state index in [1.54, 1.807) is 6.92 Å². The fourth-order valence-corrected chi connectivity index (χ4v) is 18.1. The zero-order valence-electron chi connectivity index (χ0n) is 39.5. The number of hydrogen-bond acceptors (Lipinski definition) is 7. The summed E-state index contributed by atoms with van der Waals surface area (Å²) < 4.78 is 4.86. The van der Waals surface area contributed by atoms with Gasteiger partial charge in [0, 0.05) is 24.2 Å². The van der Waals surface area contributed by atoms with Crippen molar-refractivity contribution >= 4 is 17.5 Å². The van der Waals surface area contributed by atoms with Crippen molar-refractivity contribution in [1.29, 1.82) is 0 Å². The number of carbonyl (C=O) groups excluding carboxylic acids is 3. The fourth-order valence-electron chi connectivity index (χ4n) is 18.1. The maximum atomic E-state index is 14.0. The van der Waals surface area contributed by atoms with Crippen LogP contribution in [0.25, 0.3) is 0 Å². The average Bonchev–Trinajstić information content (AvgIpc) is 3.75. The number of aliphatic hydroxyl groups excluding tert-OH is 3. The molecule has 7 nitrogen and oxygen atoms in total. The fraction of sp³-hybridized carbons (Fsp3) is 0.907. The Balaban J connectivity index is 0.000000202. The van der Waals surface area contributed by atoms with E-state index in [0.717, 1.165) is 81.6 Å². The molecule has 8 fully saturated rings. The topological polar surface area (TPSA) is 121 Å². The third-order valence-corrected chi connectivity index (χ3v) is 21.1. The molecule has 8 aliphatic rings. The lowest BCUT2D eigenvalue weighted by Crippen LogP contribution is -2.62. The highest BCUT2D eigenvalue weighted by Gasteiger charge is 2.67. The summed E-state index contributed by atoms with van der Waals surface area (Å²) in [7, 11) is 1.45. The molecule has 8 rings (SSSR count). The van der Waals surface area contributed by atoms with Gasteiger partial charge in [-0.2, -0.15) is 0 Å². The molecule has 0 aliphatic heterocycles. The van der Waals surface area contributed by atoms with Crippen LogP contribution in [0.2, 0.25) is 0 Å². The van der Waals surface area contributed by atoms with Crippen molar-refractivity contribution in [1.82, 2.24) is 0 Å². The summed E-state index contributed by atoms with van der Waals surface area (Å²) in [6, 6.07) is 0. The van der Waals surface area contributed by atoms with Crippen LogP contribution in [0, 0.1) is 98.6 Å². The first-order chi connectivity index (χ1) is 28.3. The first-order valence-corrected chi connectivity index (χ1v) is 25.2. The number of Topliss-reactive ketones (excluding diaryl/α,β-unsaturated/α-hetero) is 2. The van der Waals surface area contributed by atoms with Gasteiger partial charge in [0.2, 0.25) is 0 Å². The predicted octanol–water partition coefficient (Wildman–Crippen LogP) is 11.2. The molecule has 3 N–H and O–H groups in total. The highest BCUT2D eigenvalue weighted by Crippen LogP contribution is 2.70. The highest BCUT2D eigenvalue weighted by molar-refractivity contribution is 5.99. The van der Waals surface area contributed by atoms with Gasteiger partial charge in [0.1, 0.15) is 5.78 Å². The Labute approximate surface area is 371 Å². The monoisotopic (exact) mass is 851 g/mol. The van der Waals surface area contributed by atoms with Crippen LogP contribution in [0.3, 0.4) is 0 Å². The lowest BCUT2D eigenvalue weighted by Gasteiger charge is -2.62. The number of ether oxygens (including phenoxy) is 1. The number of hydrogen-bond donors (Lipinski definition) is 3. The second kappa shape index (κ2) is 18.4. The number of fused-ring (bicyclic) bond motifs is 10. The first-order valence-electron chi connectivity index (χ1n) is 25.2. The van der Waals surface area contributed by atoms with Crippen LogP contribution in [-0.4, -0.2) is 58.3 Å². The maximum absolute atomic E-state index is 14.0. The van der Waals surface area contributed by atoms with Gasteiger partial charge in [0.25, 0.3) is 0 Å². The van der Waals surface area contributed by atoms with Gasteiger partial charge in [-0.15, -0.1) is 0 Å². The first kappa shape index (κ1) is 48.9. The van der Waals surface area contributed by atoms with Crippen LogP contribution in [0.15, 0.2) is 11.6 Å². The molecule has 8 aliphatic carbocycles. The molecule has 0 aromatic carbocycles.